The topological polar surface area (TPSA) is 32.3 Å². The van der Waals surface area contributed by atoms with Crippen LogP contribution in [0.3, 0.4) is 0 Å². The third-order valence-electron chi connectivity index (χ3n) is 1.52. The minimum absolute atomic E-state index is 0.199. The van der Waals surface area contributed by atoms with E-state index in [9.17, 15) is 9.50 Å². The number of hydrogen-bond acceptors (Lipinski definition) is 2. The van der Waals surface area contributed by atoms with Crippen LogP contribution in [0.1, 0.15) is 5.56 Å². The van der Waals surface area contributed by atoms with Crippen molar-refractivity contribution >= 4 is 11.6 Å². The van der Waals surface area contributed by atoms with E-state index in [1.54, 1.807) is 7.05 Å². The van der Waals surface area contributed by atoms with Gasteiger partial charge < -0.3 is 10.4 Å². The number of phenolic OH excluding ortho intramolecular Hbond substituents is 1. The fourth-order valence-corrected chi connectivity index (χ4v) is 1.09. The molecule has 1 aromatic rings. The van der Waals surface area contributed by atoms with E-state index in [2.05, 4.69) is 17.2 Å². The molecular formula is C10H9ClFNO. The predicted octanol–water partition coefficient (Wildman–Crippen LogP) is 1.76. The van der Waals surface area contributed by atoms with Crippen LogP contribution in [0.4, 0.5) is 4.39 Å². The fraction of sp³-hybridized carbons (Fsp3) is 0.200. The lowest BCUT2D eigenvalue weighted by Gasteiger charge is -1.99. The zero-order valence-electron chi connectivity index (χ0n) is 7.56. The number of aromatic hydroxyl groups is 1. The maximum atomic E-state index is 12.9. The van der Waals surface area contributed by atoms with Gasteiger partial charge in [0, 0.05) is 5.02 Å². The molecule has 14 heavy (non-hydrogen) atoms. The Hall–Kier alpha value is -1.24. The molecule has 1 aromatic carbocycles. The van der Waals surface area contributed by atoms with Crippen LogP contribution in [0.5, 0.6) is 5.75 Å². The van der Waals surface area contributed by atoms with Crippen LogP contribution >= 0.6 is 11.6 Å². The summed E-state index contributed by atoms with van der Waals surface area (Å²) < 4.78 is 12.9. The summed E-state index contributed by atoms with van der Waals surface area (Å²) in [5.74, 6) is 4.09. The highest BCUT2D eigenvalue weighted by molar-refractivity contribution is 6.30. The second-order valence-electron chi connectivity index (χ2n) is 2.62. The van der Waals surface area contributed by atoms with Crippen molar-refractivity contribution in [1.82, 2.24) is 5.32 Å². The molecular weight excluding hydrogens is 205 g/mol. The van der Waals surface area contributed by atoms with Crippen LogP contribution in [0, 0.1) is 17.7 Å². The summed E-state index contributed by atoms with van der Waals surface area (Å²) in [4.78, 5) is 0. The van der Waals surface area contributed by atoms with E-state index >= 15 is 0 Å². The Kier molecular flexibility index (Phi) is 3.75. The van der Waals surface area contributed by atoms with Crippen LogP contribution in [-0.4, -0.2) is 18.7 Å². The van der Waals surface area contributed by atoms with Crippen molar-refractivity contribution in [2.24, 2.45) is 0 Å². The van der Waals surface area contributed by atoms with E-state index in [0.29, 0.717) is 6.54 Å². The number of hydrogen-bond donors (Lipinski definition) is 2. The summed E-state index contributed by atoms with van der Waals surface area (Å²) in [5, 5.41) is 12.3. The van der Waals surface area contributed by atoms with E-state index in [1.165, 1.54) is 6.07 Å². The molecule has 0 aliphatic carbocycles. The van der Waals surface area contributed by atoms with Gasteiger partial charge in [0.2, 0.25) is 0 Å². The van der Waals surface area contributed by atoms with Gasteiger partial charge in [-0.3, -0.25) is 0 Å². The predicted molar refractivity (Wildman–Crippen MR) is 53.9 cm³/mol. The number of halogens is 2. The second-order valence-corrected chi connectivity index (χ2v) is 3.05. The van der Waals surface area contributed by atoms with Crippen molar-refractivity contribution in [2.45, 2.75) is 0 Å². The molecule has 0 fully saturated rings. The first-order valence-electron chi connectivity index (χ1n) is 3.96. The van der Waals surface area contributed by atoms with Gasteiger partial charge >= 0.3 is 0 Å². The monoisotopic (exact) mass is 213 g/mol. The molecule has 74 valence electrons. The van der Waals surface area contributed by atoms with Gasteiger partial charge in [-0.15, -0.1) is 0 Å². The van der Waals surface area contributed by atoms with Gasteiger partial charge in [-0.25, -0.2) is 4.39 Å². The molecule has 0 aliphatic heterocycles. The smallest absolute Gasteiger partial charge is 0.167 e. The zero-order valence-corrected chi connectivity index (χ0v) is 8.32. The van der Waals surface area contributed by atoms with Crippen molar-refractivity contribution in [3.63, 3.8) is 0 Å². The zero-order chi connectivity index (χ0) is 10.6. The number of nitrogens with one attached hydrogen (secondary N) is 1. The highest BCUT2D eigenvalue weighted by Crippen LogP contribution is 2.24. The maximum absolute atomic E-state index is 12.9. The number of rotatable bonds is 1. The van der Waals surface area contributed by atoms with Crippen LogP contribution < -0.4 is 5.32 Å². The molecule has 0 aliphatic rings. The summed E-state index contributed by atoms with van der Waals surface area (Å²) in [6, 6.07) is 2.46. The average Bonchev–Trinajstić information content (AvgIpc) is 2.13. The maximum Gasteiger partial charge on any atom is 0.167 e. The van der Waals surface area contributed by atoms with Crippen molar-refractivity contribution in [2.75, 3.05) is 13.6 Å². The molecule has 0 amide bonds. The number of phenols is 1. The molecule has 0 bridgehead atoms. The highest BCUT2D eigenvalue weighted by atomic mass is 35.5. The Bertz CT molecular complexity index is 395. The molecule has 1 rings (SSSR count). The molecule has 2 N–H and O–H groups in total. The minimum Gasteiger partial charge on any atom is -0.504 e. The van der Waals surface area contributed by atoms with Crippen LogP contribution in [0.2, 0.25) is 5.02 Å². The van der Waals surface area contributed by atoms with Crippen LogP contribution in [0.25, 0.3) is 0 Å². The van der Waals surface area contributed by atoms with E-state index < -0.39 is 11.6 Å². The Labute approximate surface area is 86.7 Å². The molecule has 0 heterocycles. The molecule has 4 heteroatoms. The van der Waals surface area contributed by atoms with Gasteiger partial charge in [0.15, 0.2) is 11.6 Å². The molecule has 0 radical (unpaired) electrons. The Morgan fingerprint density at radius 1 is 1.57 bits per heavy atom. The quantitative estimate of drug-likeness (QED) is 0.697. The molecule has 0 spiro atoms. The van der Waals surface area contributed by atoms with E-state index in [1.807, 2.05) is 0 Å². The van der Waals surface area contributed by atoms with Gasteiger partial charge in [-0.05, 0) is 19.2 Å². The Balaban J connectivity index is 3.04. The summed E-state index contributed by atoms with van der Waals surface area (Å²) in [6.07, 6.45) is 0. The van der Waals surface area contributed by atoms with Gasteiger partial charge in [0.05, 0.1) is 12.1 Å². The minimum atomic E-state index is -0.758. The van der Waals surface area contributed by atoms with Gasteiger partial charge in [-0.2, -0.15) is 0 Å². The lowest BCUT2D eigenvalue weighted by atomic mass is 10.2. The Morgan fingerprint density at radius 3 is 2.93 bits per heavy atom. The van der Waals surface area contributed by atoms with E-state index in [-0.39, 0.29) is 10.6 Å². The first-order chi connectivity index (χ1) is 6.65. The summed E-state index contributed by atoms with van der Waals surface area (Å²) in [6.45, 7) is 0.466. The summed E-state index contributed by atoms with van der Waals surface area (Å²) in [5.41, 5.74) is 0.199. The molecule has 0 unspecified atom stereocenters. The van der Waals surface area contributed by atoms with Crippen molar-refractivity contribution < 1.29 is 9.50 Å². The normalized spacial score (nSPS) is 9.36. The van der Waals surface area contributed by atoms with Gasteiger partial charge in [-0.1, -0.05) is 23.4 Å². The highest BCUT2D eigenvalue weighted by Gasteiger charge is 2.06. The summed E-state index contributed by atoms with van der Waals surface area (Å²) >= 11 is 5.60. The third kappa shape index (κ3) is 2.63. The van der Waals surface area contributed by atoms with Gasteiger partial charge in [0.25, 0.3) is 0 Å². The molecule has 0 aromatic heterocycles. The van der Waals surface area contributed by atoms with E-state index in [0.717, 1.165) is 6.07 Å². The SMILES string of the molecule is CNCC#Cc1cc(Cl)cc(F)c1O. The molecule has 0 saturated carbocycles. The van der Waals surface area contributed by atoms with Crippen molar-refractivity contribution in [3.8, 4) is 17.6 Å². The van der Waals surface area contributed by atoms with Crippen LogP contribution in [-0.2, 0) is 0 Å². The first kappa shape index (κ1) is 10.8. The van der Waals surface area contributed by atoms with Crippen LogP contribution in [0.15, 0.2) is 12.1 Å². The van der Waals surface area contributed by atoms with E-state index in [4.69, 9.17) is 11.6 Å². The van der Waals surface area contributed by atoms with Crippen molar-refractivity contribution in [1.29, 1.82) is 0 Å². The molecule has 0 atom stereocenters. The largest absolute Gasteiger partial charge is 0.504 e. The fourth-order valence-electron chi connectivity index (χ4n) is 0.889. The average molecular weight is 214 g/mol. The molecule has 2 nitrogen and oxygen atoms in total. The second kappa shape index (κ2) is 4.85. The Morgan fingerprint density at radius 2 is 2.29 bits per heavy atom. The van der Waals surface area contributed by atoms with Gasteiger partial charge in [0.1, 0.15) is 0 Å². The number of benzene rings is 1. The standard InChI is InChI=1S/C10H9ClFNO/c1-13-4-2-3-7-5-8(11)6-9(12)10(7)14/h5-6,13-14H,4H2,1H3. The third-order valence-corrected chi connectivity index (χ3v) is 1.73. The lowest BCUT2D eigenvalue weighted by molar-refractivity contribution is 0.431. The summed E-state index contributed by atoms with van der Waals surface area (Å²) in [7, 11) is 1.74. The lowest BCUT2D eigenvalue weighted by Crippen LogP contribution is -2.04. The van der Waals surface area contributed by atoms with Crippen molar-refractivity contribution in [3.05, 3.63) is 28.5 Å². The molecule has 0 saturated heterocycles. The first-order valence-corrected chi connectivity index (χ1v) is 4.34.